The van der Waals surface area contributed by atoms with Crippen LogP contribution in [0.2, 0.25) is 0 Å². The van der Waals surface area contributed by atoms with Crippen LogP contribution in [0.15, 0.2) is 18.2 Å². The van der Waals surface area contributed by atoms with Gasteiger partial charge in [0.15, 0.2) is 5.75 Å². The van der Waals surface area contributed by atoms with E-state index in [2.05, 4.69) is 12.2 Å². The molecular formula is C19H28F3NO2. The van der Waals surface area contributed by atoms with Crippen LogP contribution in [0.3, 0.4) is 0 Å². The molecule has 0 aliphatic carbocycles. The van der Waals surface area contributed by atoms with E-state index in [1.54, 1.807) is 0 Å². The normalized spacial score (nSPS) is 11.5. The number of para-hydroxylation sites is 1. The van der Waals surface area contributed by atoms with Crippen molar-refractivity contribution < 1.29 is 23.1 Å². The number of unbranched alkanes of at least 4 members (excludes halogenated alkanes) is 8. The van der Waals surface area contributed by atoms with E-state index in [1.807, 2.05) is 0 Å². The molecule has 6 heteroatoms. The highest BCUT2D eigenvalue weighted by molar-refractivity contribution is 5.92. The second-order valence-corrected chi connectivity index (χ2v) is 6.33. The maximum Gasteiger partial charge on any atom is 0.420 e. The summed E-state index contributed by atoms with van der Waals surface area (Å²) >= 11 is 0. The van der Waals surface area contributed by atoms with Crippen LogP contribution in [-0.2, 0) is 11.0 Å². The molecule has 3 nitrogen and oxygen atoms in total. The van der Waals surface area contributed by atoms with Gasteiger partial charge in [-0.1, -0.05) is 64.4 Å². The van der Waals surface area contributed by atoms with Gasteiger partial charge in [0.1, 0.15) is 0 Å². The highest BCUT2D eigenvalue weighted by Gasteiger charge is 2.34. The quantitative estimate of drug-likeness (QED) is 0.361. The molecule has 142 valence electrons. The van der Waals surface area contributed by atoms with Gasteiger partial charge in [-0.25, -0.2) is 0 Å². The maximum absolute atomic E-state index is 12.7. The average Bonchev–Trinajstić information content (AvgIpc) is 2.54. The van der Waals surface area contributed by atoms with Crippen LogP contribution in [0.4, 0.5) is 18.9 Å². The highest BCUT2D eigenvalue weighted by atomic mass is 19.4. The number of nitrogens with one attached hydrogen (secondary N) is 1. The summed E-state index contributed by atoms with van der Waals surface area (Å²) in [5.74, 6) is -1.31. The molecule has 0 saturated heterocycles. The third kappa shape index (κ3) is 8.27. The lowest BCUT2D eigenvalue weighted by Crippen LogP contribution is -2.13. The number of benzene rings is 1. The van der Waals surface area contributed by atoms with E-state index in [4.69, 9.17) is 0 Å². The lowest BCUT2D eigenvalue weighted by Gasteiger charge is -2.13. The number of carbonyl (C=O) groups is 1. The lowest BCUT2D eigenvalue weighted by atomic mass is 10.1. The zero-order valence-corrected chi connectivity index (χ0v) is 14.8. The number of amides is 1. The molecule has 0 aromatic heterocycles. The number of phenols is 1. The Hall–Kier alpha value is -1.72. The highest BCUT2D eigenvalue weighted by Crippen LogP contribution is 2.39. The molecule has 0 aliphatic rings. The standard InChI is InChI=1S/C19H28F3NO2/c1-2-3-4-5-6-7-8-9-10-14-17(24)23-16-13-11-12-15(18(16)25)19(20,21)22/h11-13,25H,2-10,14H2,1H3,(H,23,24). The van der Waals surface area contributed by atoms with Crippen molar-refractivity contribution in [3.63, 3.8) is 0 Å². The summed E-state index contributed by atoms with van der Waals surface area (Å²) in [7, 11) is 0. The number of halogens is 3. The molecule has 1 aromatic rings. The predicted molar refractivity (Wildman–Crippen MR) is 93.6 cm³/mol. The van der Waals surface area contributed by atoms with Gasteiger partial charge in [-0.05, 0) is 18.6 Å². The molecule has 1 aromatic carbocycles. The molecule has 0 bridgehead atoms. The number of rotatable bonds is 11. The SMILES string of the molecule is CCCCCCCCCCCC(=O)Nc1cccc(C(F)(F)F)c1O. The van der Waals surface area contributed by atoms with Crippen molar-refractivity contribution in [1.29, 1.82) is 0 Å². The van der Waals surface area contributed by atoms with Crippen LogP contribution in [0.5, 0.6) is 5.75 Å². The summed E-state index contributed by atoms with van der Waals surface area (Å²) in [4.78, 5) is 11.8. The fourth-order valence-corrected chi connectivity index (χ4v) is 2.68. The number of anilines is 1. The van der Waals surface area contributed by atoms with Crippen LogP contribution in [0.1, 0.15) is 76.7 Å². The van der Waals surface area contributed by atoms with Crippen LogP contribution in [-0.4, -0.2) is 11.0 Å². The number of alkyl halides is 3. The van der Waals surface area contributed by atoms with Crippen LogP contribution in [0.25, 0.3) is 0 Å². The van der Waals surface area contributed by atoms with Crippen molar-refractivity contribution in [2.75, 3.05) is 5.32 Å². The van der Waals surface area contributed by atoms with E-state index < -0.39 is 17.5 Å². The molecule has 0 fully saturated rings. The topological polar surface area (TPSA) is 49.3 Å². The minimum absolute atomic E-state index is 0.198. The number of aromatic hydroxyl groups is 1. The Labute approximate surface area is 147 Å². The van der Waals surface area contributed by atoms with E-state index in [9.17, 15) is 23.1 Å². The first-order valence-electron chi connectivity index (χ1n) is 9.05. The molecule has 0 aliphatic heterocycles. The Bertz CT molecular complexity index is 530. The zero-order chi connectivity index (χ0) is 18.7. The smallest absolute Gasteiger partial charge is 0.420 e. The van der Waals surface area contributed by atoms with Crippen molar-refractivity contribution >= 4 is 11.6 Å². The Morgan fingerprint density at radius 2 is 1.56 bits per heavy atom. The second-order valence-electron chi connectivity index (χ2n) is 6.33. The molecule has 0 atom stereocenters. The summed E-state index contributed by atoms with van der Waals surface area (Å²) in [5.41, 5.74) is -1.34. The van der Waals surface area contributed by atoms with E-state index in [-0.39, 0.29) is 18.0 Å². The van der Waals surface area contributed by atoms with Gasteiger partial charge in [0, 0.05) is 6.42 Å². The Balaban J connectivity index is 2.27. The van der Waals surface area contributed by atoms with Crippen LogP contribution < -0.4 is 5.32 Å². The van der Waals surface area contributed by atoms with Gasteiger partial charge in [-0.2, -0.15) is 13.2 Å². The van der Waals surface area contributed by atoms with Crippen LogP contribution in [0, 0.1) is 0 Å². The molecule has 2 N–H and O–H groups in total. The van der Waals surface area contributed by atoms with Gasteiger partial charge in [0.25, 0.3) is 0 Å². The molecule has 0 unspecified atom stereocenters. The minimum atomic E-state index is -4.65. The molecule has 0 radical (unpaired) electrons. The molecule has 25 heavy (non-hydrogen) atoms. The lowest BCUT2D eigenvalue weighted by molar-refractivity contribution is -0.138. The van der Waals surface area contributed by atoms with Gasteiger partial charge in [-0.3, -0.25) is 4.79 Å². The largest absolute Gasteiger partial charge is 0.505 e. The Kier molecular flexibility index (Phi) is 9.39. The third-order valence-corrected chi connectivity index (χ3v) is 4.12. The first kappa shape index (κ1) is 21.3. The first-order valence-corrected chi connectivity index (χ1v) is 9.05. The number of hydrogen-bond donors (Lipinski definition) is 2. The second kappa shape index (κ2) is 11.0. The monoisotopic (exact) mass is 359 g/mol. The molecule has 1 rings (SSSR count). The molecule has 0 saturated carbocycles. The average molecular weight is 359 g/mol. The number of carbonyl (C=O) groups excluding carboxylic acids is 1. The molecule has 1 amide bonds. The zero-order valence-electron chi connectivity index (χ0n) is 14.8. The van der Waals surface area contributed by atoms with Crippen molar-refractivity contribution in [3.05, 3.63) is 23.8 Å². The molecule has 0 heterocycles. The summed E-state index contributed by atoms with van der Waals surface area (Å²) in [5, 5.41) is 12.0. The van der Waals surface area contributed by atoms with Crippen molar-refractivity contribution in [1.82, 2.24) is 0 Å². The van der Waals surface area contributed by atoms with Crippen molar-refractivity contribution in [3.8, 4) is 5.75 Å². The van der Waals surface area contributed by atoms with Crippen molar-refractivity contribution in [2.24, 2.45) is 0 Å². The third-order valence-electron chi connectivity index (χ3n) is 4.12. The maximum atomic E-state index is 12.7. The van der Waals surface area contributed by atoms with E-state index in [0.717, 1.165) is 31.4 Å². The number of phenolic OH excluding ortho intramolecular Hbond substituents is 1. The van der Waals surface area contributed by atoms with Gasteiger partial charge in [0.05, 0.1) is 11.3 Å². The van der Waals surface area contributed by atoms with Crippen LogP contribution >= 0.6 is 0 Å². The van der Waals surface area contributed by atoms with Gasteiger partial charge in [0.2, 0.25) is 5.91 Å². The predicted octanol–water partition coefficient (Wildman–Crippen LogP) is 6.27. The van der Waals surface area contributed by atoms with Gasteiger partial charge >= 0.3 is 6.18 Å². The molecular weight excluding hydrogens is 331 g/mol. The summed E-state index contributed by atoms with van der Waals surface area (Å²) in [6.07, 6.45) is 5.68. The Morgan fingerprint density at radius 1 is 1.00 bits per heavy atom. The summed E-state index contributed by atoms with van der Waals surface area (Å²) in [6, 6.07) is 3.21. The summed E-state index contributed by atoms with van der Waals surface area (Å²) < 4.78 is 38.1. The minimum Gasteiger partial charge on any atom is -0.505 e. The first-order chi connectivity index (χ1) is 11.9. The number of hydrogen-bond acceptors (Lipinski definition) is 2. The Morgan fingerprint density at radius 3 is 2.12 bits per heavy atom. The summed E-state index contributed by atoms with van der Waals surface area (Å²) in [6.45, 7) is 2.18. The fraction of sp³-hybridized carbons (Fsp3) is 0.632. The molecule has 0 spiro atoms. The van der Waals surface area contributed by atoms with E-state index in [0.29, 0.717) is 6.42 Å². The van der Waals surface area contributed by atoms with Crippen molar-refractivity contribution in [2.45, 2.75) is 77.3 Å². The van der Waals surface area contributed by atoms with Gasteiger partial charge in [-0.15, -0.1) is 0 Å². The fourth-order valence-electron chi connectivity index (χ4n) is 2.68. The van der Waals surface area contributed by atoms with Gasteiger partial charge < -0.3 is 10.4 Å². The van der Waals surface area contributed by atoms with E-state index in [1.165, 1.54) is 38.2 Å². The van der Waals surface area contributed by atoms with E-state index >= 15 is 0 Å².